The first kappa shape index (κ1) is 21.4. The van der Waals surface area contributed by atoms with Crippen LogP contribution in [-0.2, 0) is 17.1 Å². The number of hydrogen-bond donors (Lipinski definition) is 1. The summed E-state index contributed by atoms with van der Waals surface area (Å²) in [6, 6.07) is 6.59. The fourth-order valence-corrected chi connectivity index (χ4v) is 3.60. The third-order valence-electron chi connectivity index (χ3n) is 4.02. The Bertz CT molecular complexity index is 1240. The summed E-state index contributed by atoms with van der Waals surface area (Å²) in [6.07, 6.45) is 1.92. The quantitative estimate of drug-likeness (QED) is 0.609. The van der Waals surface area contributed by atoms with E-state index >= 15 is 0 Å². The van der Waals surface area contributed by atoms with Crippen molar-refractivity contribution < 1.29 is 17.5 Å². The second kappa shape index (κ2) is 8.57. The molecule has 0 saturated carbocycles. The van der Waals surface area contributed by atoms with Gasteiger partial charge < -0.3 is 9.30 Å². The van der Waals surface area contributed by atoms with E-state index in [1.165, 1.54) is 41.1 Å². The predicted octanol–water partition coefficient (Wildman–Crippen LogP) is 2.63. The molecule has 3 aromatic rings. The molecular weight excluding hydrogens is 413 g/mol. The molecule has 9 nitrogen and oxygen atoms in total. The van der Waals surface area contributed by atoms with Crippen LogP contribution in [0.4, 0.5) is 10.3 Å². The first-order chi connectivity index (χ1) is 14.2. The zero-order valence-electron chi connectivity index (χ0n) is 16.6. The second-order valence-electron chi connectivity index (χ2n) is 6.56. The lowest BCUT2D eigenvalue weighted by molar-refractivity contribution is 0.437. The second-order valence-corrected chi connectivity index (χ2v) is 8.41. The van der Waals surface area contributed by atoms with Gasteiger partial charge in [-0.3, -0.25) is 9.52 Å². The number of anilines is 1. The molecule has 0 aliphatic rings. The Hall–Kier alpha value is -3.34. The Kier molecular flexibility index (Phi) is 6.11. The molecule has 0 bridgehead atoms. The van der Waals surface area contributed by atoms with Crippen molar-refractivity contribution in [2.75, 3.05) is 10.5 Å². The van der Waals surface area contributed by atoms with Gasteiger partial charge in [0.1, 0.15) is 11.6 Å². The average molecular weight is 433 g/mol. The molecule has 11 heteroatoms. The molecule has 0 fully saturated rings. The smallest absolute Gasteiger partial charge is 0.327 e. The van der Waals surface area contributed by atoms with Gasteiger partial charge in [0.15, 0.2) is 5.82 Å². The summed E-state index contributed by atoms with van der Waals surface area (Å²) in [5.41, 5.74) is 0.735. The van der Waals surface area contributed by atoms with Crippen molar-refractivity contribution in [3.63, 3.8) is 0 Å². The van der Waals surface area contributed by atoms with E-state index in [0.29, 0.717) is 23.3 Å². The number of aryl methyl sites for hydroxylation is 2. The van der Waals surface area contributed by atoms with Crippen LogP contribution in [0.5, 0.6) is 11.8 Å². The normalized spacial score (nSPS) is 11.3. The molecule has 2 heterocycles. The van der Waals surface area contributed by atoms with Crippen LogP contribution in [0.25, 0.3) is 11.4 Å². The highest BCUT2D eigenvalue weighted by atomic mass is 32.2. The lowest BCUT2D eigenvalue weighted by Crippen LogP contribution is -2.19. The summed E-state index contributed by atoms with van der Waals surface area (Å²) in [6.45, 7) is 3.38. The Morgan fingerprint density at radius 1 is 1.17 bits per heavy atom. The number of nitrogens with one attached hydrogen (secondary N) is 1. The van der Waals surface area contributed by atoms with E-state index in [4.69, 9.17) is 4.74 Å². The van der Waals surface area contributed by atoms with Crippen molar-refractivity contribution in [2.24, 2.45) is 7.05 Å². The molecule has 0 atom stereocenters. The van der Waals surface area contributed by atoms with Gasteiger partial charge in [-0.1, -0.05) is 6.92 Å². The zero-order chi connectivity index (χ0) is 21.9. The first-order valence-electron chi connectivity index (χ1n) is 9.04. The summed E-state index contributed by atoms with van der Waals surface area (Å²) < 4.78 is 47.0. The highest BCUT2D eigenvalue weighted by Gasteiger charge is 2.16. The number of nitrogens with zero attached hydrogens (tertiary/aromatic N) is 4. The molecule has 0 saturated heterocycles. The predicted molar refractivity (Wildman–Crippen MR) is 109 cm³/mol. The standard InChI is InChI=1S/C19H20FN5O4S/c1-4-9-30(27,28)24-18-21-17(13-5-8-16(26)25(3)11-13)22-19(23-18)29-15-7-6-14(20)10-12(15)2/h5-8,10-11H,4,9H2,1-3H3,(H,21,22,23,24). The van der Waals surface area contributed by atoms with E-state index in [9.17, 15) is 17.6 Å². The average Bonchev–Trinajstić information content (AvgIpc) is 2.65. The van der Waals surface area contributed by atoms with Crippen molar-refractivity contribution >= 4 is 16.0 Å². The third kappa shape index (κ3) is 5.17. The first-order valence-corrected chi connectivity index (χ1v) is 10.7. The summed E-state index contributed by atoms with van der Waals surface area (Å²) in [4.78, 5) is 24.1. The lowest BCUT2D eigenvalue weighted by atomic mass is 10.2. The molecule has 158 valence electrons. The molecule has 0 aliphatic carbocycles. The van der Waals surface area contributed by atoms with Crippen LogP contribution in [0.15, 0.2) is 41.3 Å². The maximum atomic E-state index is 13.4. The SMILES string of the molecule is CCCS(=O)(=O)Nc1nc(Oc2ccc(F)cc2C)nc(-c2ccc(=O)n(C)c2)n1. The molecule has 1 aromatic carbocycles. The number of ether oxygens (including phenoxy) is 1. The molecule has 0 unspecified atom stereocenters. The Labute approximate surface area is 172 Å². The topological polar surface area (TPSA) is 116 Å². The van der Waals surface area contributed by atoms with Gasteiger partial charge in [0.2, 0.25) is 21.5 Å². The summed E-state index contributed by atoms with van der Waals surface area (Å²) in [7, 11) is -2.10. The zero-order valence-corrected chi connectivity index (χ0v) is 17.4. The largest absolute Gasteiger partial charge is 0.424 e. The van der Waals surface area contributed by atoms with Crippen LogP contribution in [0, 0.1) is 12.7 Å². The van der Waals surface area contributed by atoms with Crippen LogP contribution in [0.2, 0.25) is 0 Å². The van der Waals surface area contributed by atoms with Crippen LogP contribution in [0.1, 0.15) is 18.9 Å². The number of halogens is 1. The number of sulfonamides is 1. The van der Waals surface area contributed by atoms with Gasteiger partial charge in [0.05, 0.1) is 5.75 Å². The van der Waals surface area contributed by atoms with Crippen molar-refractivity contribution in [1.29, 1.82) is 0 Å². The van der Waals surface area contributed by atoms with E-state index in [1.807, 2.05) is 0 Å². The number of rotatable bonds is 7. The van der Waals surface area contributed by atoms with E-state index in [2.05, 4.69) is 19.7 Å². The van der Waals surface area contributed by atoms with Crippen LogP contribution < -0.4 is 15.0 Å². The van der Waals surface area contributed by atoms with Crippen LogP contribution in [0.3, 0.4) is 0 Å². The minimum absolute atomic E-state index is 0.101. The van der Waals surface area contributed by atoms with Gasteiger partial charge in [-0.2, -0.15) is 15.0 Å². The van der Waals surface area contributed by atoms with Crippen molar-refractivity contribution in [3.8, 4) is 23.1 Å². The molecule has 3 rings (SSSR count). The van der Waals surface area contributed by atoms with Gasteiger partial charge in [-0.25, -0.2) is 12.8 Å². The fraction of sp³-hybridized carbons (Fsp3) is 0.263. The Morgan fingerprint density at radius 3 is 2.60 bits per heavy atom. The molecular formula is C19H20FN5O4S. The maximum Gasteiger partial charge on any atom is 0.327 e. The van der Waals surface area contributed by atoms with Crippen molar-refractivity contribution in [3.05, 3.63) is 58.3 Å². The van der Waals surface area contributed by atoms with E-state index in [0.717, 1.165) is 0 Å². The molecule has 0 aliphatic heterocycles. The highest BCUT2D eigenvalue weighted by molar-refractivity contribution is 7.92. The highest BCUT2D eigenvalue weighted by Crippen LogP contribution is 2.25. The van der Waals surface area contributed by atoms with Crippen LogP contribution in [-0.4, -0.2) is 33.7 Å². The summed E-state index contributed by atoms with van der Waals surface area (Å²) >= 11 is 0. The monoisotopic (exact) mass is 433 g/mol. The summed E-state index contributed by atoms with van der Waals surface area (Å²) in [5.74, 6) is -0.353. The van der Waals surface area contributed by atoms with Gasteiger partial charge >= 0.3 is 6.01 Å². The van der Waals surface area contributed by atoms with Gasteiger partial charge in [-0.05, 0) is 43.2 Å². The molecule has 30 heavy (non-hydrogen) atoms. The minimum atomic E-state index is -3.67. The molecule has 2 aromatic heterocycles. The van der Waals surface area contributed by atoms with Crippen LogP contribution >= 0.6 is 0 Å². The number of aromatic nitrogens is 4. The van der Waals surface area contributed by atoms with Gasteiger partial charge in [0, 0.05) is 24.9 Å². The van der Waals surface area contributed by atoms with E-state index in [-0.39, 0.29) is 29.1 Å². The molecule has 0 amide bonds. The molecule has 1 N–H and O–H groups in total. The molecule has 0 spiro atoms. The minimum Gasteiger partial charge on any atom is -0.424 e. The van der Waals surface area contributed by atoms with Gasteiger partial charge in [-0.15, -0.1) is 0 Å². The Morgan fingerprint density at radius 2 is 1.93 bits per heavy atom. The maximum absolute atomic E-state index is 13.4. The fourth-order valence-electron chi connectivity index (χ4n) is 2.59. The number of pyridine rings is 1. The van der Waals surface area contributed by atoms with Crippen molar-refractivity contribution in [2.45, 2.75) is 20.3 Å². The van der Waals surface area contributed by atoms with Gasteiger partial charge in [0.25, 0.3) is 0 Å². The number of benzene rings is 1. The lowest BCUT2D eigenvalue weighted by Gasteiger charge is -2.11. The van der Waals surface area contributed by atoms with E-state index in [1.54, 1.807) is 20.9 Å². The Balaban J connectivity index is 2.07. The number of hydrogen-bond acceptors (Lipinski definition) is 7. The summed E-state index contributed by atoms with van der Waals surface area (Å²) in [5, 5.41) is 0. The van der Waals surface area contributed by atoms with Crippen molar-refractivity contribution in [1.82, 2.24) is 19.5 Å². The third-order valence-corrected chi connectivity index (χ3v) is 5.46. The molecule has 0 radical (unpaired) electrons. The van der Waals surface area contributed by atoms with E-state index < -0.39 is 15.8 Å².